The summed E-state index contributed by atoms with van der Waals surface area (Å²) in [4.78, 5) is 0. The number of hydrogen-bond acceptors (Lipinski definition) is 2. The Kier molecular flexibility index (Phi) is 5.77. The molecule has 19 heavy (non-hydrogen) atoms. The maximum Gasteiger partial charge on any atom is 0.0195 e. The third kappa shape index (κ3) is 4.54. The summed E-state index contributed by atoms with van der Waals surface area (Å²) in [5.41, 5.74) is 4.27. The van der Waals surface area contributed by atoms with Gasteiger partial charge in [0.15, 0.2) is 0 Å². The van der Waals surface area contributed by atoms with E-state index in [1.54, 1.807) is 0 Å². The van der Waals surface area contributed by atoms with Crippen LogP contribution in [0.2, 0.25) is 0 Å². The largest absolute Gasteiger partial charge is 0.316 e. The average molecular weight is 277 g/mol. The molecule has 1 N–H and O–H groups in total. The van der Waals surface area contributed by atoms with Crippen LogP contribution in [0.5, 0.6) is 0 Å². The van der Waals surface area contributed by atoms with Gasteiger partial charge in [-0.25, -0.2) is 0 Å². The minimum atomic E-state index is 0.604. The van der Waals surface area contributed by atoms with Crippen molar-refractivity contribution < 1.29 is 0 Å². The van der Waals surface area contributed by atoms with Crippen molar-refractivity contribution in [2.45, 2.75) is 57.2 Å². The van der Waals surface area contributed by atoms with Gasteiger partial charge in [0, 0.05) is 17.0 Å². The third-order valence-electron chi connectivity index (χ3n) is 4.30. The molecule has 1 aromatic carbocycles. The van der Waals surface area contributed by atoms with E-state index in [1.807, 2.05) is 0 Å². The van der Waals surface area contributed by atoms with Crippen LogP contribution < -0.4 is 5.32 Å². The van der Waals surface area contributed by atoms with E-state index in [4.69, 9.17) is 0 Å². The van der Waals surface area contributed by atoms with E-state index in [0.717, 1.165) is 11.7 Å². The highest BCUT2D eigenvalue weighted by Crippen LogP contribution is 2.30. The fourth-order valence-electron chi connectivity index (χ4n) is 2.77. The molecule has 106 valence electrons. The molecular weight excluding hydrogens is 250 g/mol. The van der Waals surface area contributed by atoms with Gasteiger partial charge in [-0.2, -0.15) is 11.8 Å². The number of aryl methyl sites for hydroxylation is 2. The molecule has 1 unspecified atom stereocenters. The second-order valence-corrected chi connectivity index (χ2v) is 7.18. The van der Waals surface area contributed by atoms with Crippen LogP contribution in [0.25, 0.3) is 0 Å². The van der Waals surface area contributed by atoms with Crippen molar-refractivity contribution in [1.29, 1.82) is 0 Å². The van der Waals surface area contributed by atoms with Crippen LogP contribution in [-0.2, 0) is 6.42 Å². The topological polar surface area (TPSA) is 12.0 Å². The molecule has 0 aromatic heterocycles. The summed E-state index contributed by atoms with van der Waals surface area (Å²) in [7, 11) is 2.10. The van der Waals surface area contributed by atoms with Gasteiger partial charge >= 0.3 is 0 Å². The van der Waals surface area contributed by atoms with Crippen LogP contribution >= 0.6 is 11.8 Å². The molecule has 0 amide bonds. The van der Waals surface area contributed by atoms with Gasteiger partial charge < -0.3 is 5.32 Å². The lowest BCUT2D eigenvalue weighted by molar-refractivity contribution is 0.615. The minimum absolute atomic E-state index is 0.604. The van der Waals surface area contributed by atoms with Gasteiger partial charge in [0.25, 0.3) is 0 Å². The first-order valence-electron chi connectivity index (χ1n) is 7.54. The fourth-order valence-corrected chi connectivity index (χ4v) is 4.22. The highest BCUT2D eigenvalue weighted by atomic mass is 32.2. The summed E-state index contributed by atoms with van der Waals surface area (Å²) in [6.45, 7) is 4.39. The second-order valence-electron chi connectivity index (χ2n) is 5.85. The van der Waals surface area contributed by atoms with Gasteiger partial charge in [0.05, 0.1) is 0 Å². The molecule has 1 atom stereocenters. The molecule has 0 aliphatic heterocycles. The van der Waals surface area contributed by atoms with Gasteiger partial charge in [0.1, 0.15) is 0 Å². The third-order valence-corrected chi connectivity index (χ3v) is 5.83. The monoisotopic (exact) mass is 277 g/mol. The summed E-state index contributed by atoms with van der Waals surface area (Å²) in [5, 5.41) is 4.41. The molecule has 1 fully saturated rings. The normalized spacial score (nSPS) is 17.8. The van der Waals surface area contributed by atoms with Crippen LogP contribution in [0.4, 0.5) is 0 Å². The second kappa shape index (κ2) is 7.35. The Morgan fingerprint density at radius 3 is 2.58 bits per heavy atom. The van der Waals surface area contributed by atoms with Gasteiger partial charge in [-0.3, -0.25) is 0 Å². The van der Waals surface area contributed by atoms with Crippen molar-refractivity contribution in [3.05, 3.63) is 34.9 Å². The SMILES string of the molecule is CNC(CSC1CCCC1)Cc1ccc(C)c(C)c1. The number of benzene rings is 1. The predicted molar refractivity (Wildman–Crippen MR) is 87.2 cm³/mol. The van der Waals surface area contributed by atoms with Crippen molar-refractivity contribution in [3.8, 4) is 0 Å². The molecule has 1 nitrogen and oxygen atoms in total. The van der Waals surface area contributed by atoms with Crippen LogP contribution in [0.3, 0.4) is 0 Å². The minimum Gasteiger partial charge on any atom is -0.316 e. The number of nitrogens with one attached hydrogen (secondary N) is 1. The molecule has 0 spiro atoms. The van der Waals surface area contributed by atoms with Crippen LogP contribution in [0.1, 0.15) is 42.4 Å². The Bertz CT molecular complexity index is 396. The predicted octanol–water partition coefficient (Wildman–Crippen LogP) is 4.11. The zero-order valence-corrected chi connectivity index (χ0v) is 13.4. The van der Waals surface area contributed by atoms with Crippen molar-refractivity contribution in [2.75, 3.05) is 12.8 Å². The lowest BCUT2D eigenvalue weighted by Gasteiger charge is -2.18. The van der Waals surface area contributed by atoms with E-state index in [0.29, 0.717) is 6.04 Å². The van der Waals surface area contributed by atoms with Crippen molar-refractivity contribution in [3.63, 3.8) is 0 Å². The highest BCUT2D eigenvalue weighted by Gasteiger charge is 2.17. The van der Waals surface area contributed by atoms with Gasteiger partial charge in [-0.1, -0.05) is 31.0 Å². The van der Waals surface area contributed by atoms with Gasteiger partial charge in [0.2, 0.25) is 0 Å². The number of rotatable bonds is 6. The smallest absolute Gasteiger partial charge is 0.0195 e. The summed E-state index contributed by atoms with van der Waals surface area (Å²) >= 11 is 2.18. The zero-order valence-electron chi connectivity index (χ0n) is 12.5. The maximum atomic E-state index is 3.49. The first-order valence-corrected chi connectivity index (χ1v) is 8.59. The van der Waals surface area contributed by atoms with E-state index in [2.05, 4.69) is 56.2 Å². The van der Waals surface area contributed by atoms with Crippen LogP contribution in [0.15, 0.2) is 18.2 Å². The Hall–Kier alpha value is -0.470. The van der Waals surface area contributed by atoms with Gasteiger partial charge in [-0.05, 0) is 56.8 Å². The van der Waals surface area contributed by atoms with E-state index in [1.165, 1.54) is 48.1 Å². The summed E-state index contributed by atoms with van der Waals surface area (Å²) in [6.07, 6.45) is 6.91. The highest BCUT2D eigenvalue weighted by molar-refractivity contribution is 7.99. The van der Waals surface area contributed by atoms with Crippen LogP contribution in [-0.4, -0.2) is 24.1 Å². The summed E-state index contributed by atoms with van der Waals surface area (Å²) in [5.74, 6) is 1.24. The molecule has 2 heteroatoms. The molecule has 1 aliphatic carbocycles. The molecule has 0 bridgehead atoms. The molecule has 1 aromatic rings. The molecule has 2 rings (SSSR count). The lowest BCUT2D eigenvalue weighted by Crippen LogP contribution is -2.30. The van der Waals surface area contributed by atoms with Gasteiger partial charge in [-0.15, -0.1) is 0 Å². The summed E-state index contributed by atoms with van der Waals surface area (Å²) < 4.78 is 0. The van der Waals surface area contributed by atoms with E-state index < -0.39 is 0 Å². The number of hydrogen-bond donors (Lipinski definition) is 1. The van der Waals surface area contributed by atoms with Crippen molar-refractivity contribution in [1.82, 2.24) is 5.32 Å². The molecule has 1 saturated carbocycles. The Morgan fingerprint density at radius 1 is 1.21 bits per heavy atom. The quantitative estimate of drug-likeness (QED) is 0.840. The van der Waals surface area contributed by atoms with E-state index in [-0.39, 0.29) is 0 Å². The number of likely N-dealkylation sites (N-methyl/N-ethyl adjacent to an activating group) is 1. The van der Waals surface area contributed by atoms with Crippen molar-refractivity contribution in [2.24, 2.45) is 0 Å². The van der Waals surface area contributed by atoms with Crippen LogP contribution in [0, 0.1) is 13.8 Å². The molecule has 1 aliphatic rings. The number of thioether (sulfide) groups is 1. The zero-order chi connectivity index (χ0) is 13.7. The first kappa shape index (κ1) is 14.9. The summed E-state index contributed by atoms with van der Waals surface area (Å²) in [6, 6.07) is 7.49. The average Bonchev–Trinajstić information content (AvgIpc) is 2.92. The standard InChI is InChI=1S/C17H27NS/c1-13-8-9-15(10-14(13)2)11-16(18-3)12-19-17-6-4-5-7-17/h8-10,16-18H,4-7,11-12H2,1-3H3. The lowest BCUT2D eigenvalue weighted by atomic mass is 10.0. The molecule has 0 saturated heterocycles. The Labute approximate surface area is 122 Å². The molecular formula is C17H27NS. The maximum absolute atomic E-state index is 3.49. The fraction of sp³-hybridized carbons (Fsp3) is 0.647. The molecule has 0 radical (unpaired) electrons. The van der Waals surface area contributed by atoms with E-state index in [9.17, 15) is 0 Å². The van der Waals surface area contributed by atoms with Crippen molar-refractivity contribution >= 4 is 11.8 Å². The Morgan fingerprint density at radius 2 is 1.95 bits per heavy atom. The van der Waals surface area contributed by atoms with E-state index >= 15 is 0 Å². The molecule has 0 heterocycles. The first-order chi connectivity index (χ1) is 9.19. The Balaban J connectivity index is 1.85.